The Morgan fingerprint density at radius 1 is 0.971 bits per heavy atom. The summed E-state index contributed by atoms with van der Waals surface area (Å²) in [7, 11) is 0. The lowest BCUT2D eigenvalue weighted by Gasteiger charge is -2.41. The molecule has 6 heteroatoms. The zero-order valence-corrected chi connectivity index (χ0v) is 20.6. The van der Waals surface area contributed by atoms with Gasteiger partial charge in [-0.2, -0.15) is 0 Å². The molecule has 186 valence electrons. The third-order valence-corrected chi connectivity index (χ3v) is 7.96. The van der Waals surface area contributed by atoms with Crippen LogP contribution in [0.4, 0.5) is 5.69 Å². The van der Waals surface area contributed by atoms with E-state index in [-0.39, 0.29) is 17.9 Å². The standard InChI is InChI=1S/C29H38N4O2/c30-29-32-26-17-16-25(35-24-14-8-3-9-15-24)18-23(26)20-33(29)27(21-10-4-1-5-11-21)19-31-28(34)22-12-6-2-7-13-22/h3,8-9,14-18,21-22,27H,1-2,4-7,10-13,19-20H2,(H2,30,32)(H,31,34)/t27-/m0/s1. The van der Waals surface area contributed by atoms with E-state index in [0.717, 1.165) is 35.6 Å². The molecule has 2 aromatic carbocycles. The first-order valence-electron chi connectivity index (χ1n) is 13.4. The Morgan fingerprint density at radius 3 is 2.43 bits per heavy atom. The van der Waals surface area contributed by atoms with Crippen LogP contribution in [0.5, 0.6) is 11.5 Å². The van der Waals surface area contributed by atoms with Gasteiger partial charge < -0.3 is 20.7 Å². The molecule has 2 fully saturated rings. The van der Waals surface area contributed by atoms with E-state index in [4.69, 9.17) is 15.5 Å². The van der Waals surface area contributed by atoms with Crippen LogP contribution in [0.25, 0.3) is 0 Å². The van der Waals surface area contributed by atoms with Crippen molar-refractivity contribution in [1.82, 2.24) is 10.2 Å². The zero-order valence-electron chi connectivity index (χ0n) is 20.6. The van der Waals surface area contributed by atoms with Crippen LogP contribution in [0.2, 0.25) is 0 Å². The lowest BCUT2D eigenvalue weighted by atomic mass is 9.82. The van der Waals surface area contributed by atoms with E-state index < -0.39 is 0 Å². The third kappa shape index (κ3) is 5.80. The molecule has 0 saturated heterocycles. The van der Waals surface area contributed by atoms with Crippen molar-refractivity contribution in [1.29, 1.82) is 0 Å². The van der Waals surface area contributed by atoms with E-state index in [9.17, 15) is 4.79 Å². The van der Waals surface area contributed by atoms with Gasteiger partial charge in [0, 0.05) is 24.6 Å². The Morgan fingerprint density at radius 2 is 1.69 bits per heavy atom. The smallest absolute Gasteiger partial charge is 0.223 e. The number of hydrogen-bond acceptors (Lipinski definition) is 5. The summed E-state index contributed by atoms with van der Waals surface area (Å²) in [5.41, 5.74) is 8.54. The molecule has 2 aliphatic carbocycles. The fourth-order valence-electron chi connectivity index (χ4n) is 5.99. The van der Waals surface area contributed by atoms with Gasteiger partial charge in [0.2, 0.25) is 5.91 Å². The van der Waals surface area contributed by atoms with E-state index in [1.807, 2.05) is 42.5 Å². The highest BCUT2D eigenvalue weighted by molar-refractivity contribution is 5.84. The second-order valence-corrected chi connectivity index (χ2v) is 10.3. The molecule has 5 rings (SSSR count). The highest BCUT2D eigenvalue weighted by atomic mass is 16.5. The van der Waals surface area contributed by atoms with Gasteiger partial charge in [-0.1, -0.05) is 56.7 Å². The van der Waals surface area contributed by atoms with Gasteiger partial charge in [-0.05, 0) is 61.9 Å². The van der Waals surface area contributed by atoms with Gasteiger partial charge in [-0.25, -0.2) is 4.99 Å². The number of nitrogens with two attached hydrogens (primary N) is 1. The van der Waals surface area contributed by atoms with Crippen LogP contribution in [0, 0.1) is 11.8 Å². The Bertz CT molecular complexity index is 1030. The minimum absolute atomic E-state index is 0.151. The van der Waals surface area contributed by atoms with Crippen molar-refractivity contribution in [3.8, 4) is 11.5 Å². The summed E-state index contributed by atoms with van der Waals surface area (Å²) < 4.78 is 6.07. The van der Waals surface area contributed by atoms with Gasteiger partial charge in [0.1, 0.15) is 11.5 Å². The second-order valence-electron chi connectivity index (χ2n) is 10.3. The number of carbonyl (C=O) groups excluding carboxylic acids is 1. The number of amides is 1. The fourth-order valence-corrected chi connectivity index (χ4v) is 5.99. The molecule has 3 aliphatic rings. The number of ether oxygens (including phenoxy) is 1. The van der Waals surface area contributed by atoms with Gasteiger partial charge in [-0.3, -0.25) is 4.79 Å². The number of nitrogens with zero attached hydrogens (tertiary/aromatic N) is 2. The summed E-state index contributed by atoms with van der Waals surface area (Å²) >= 11 is 0. The SMILES string of the molecule is NC1=Nc2ccc(Oc3ccccc3)cc2CN1[C@@H](CNC(=O)C1CCCCC1)C1CCCCC1. The van der Waals surface area contributed by atoms with E-state index in [0.29, 0.717) is 25.0 Å². The number of aliphatic imine (C=N–C) groups is 1. The summed E-state index contributed by atoms with van der Waals surface area (Å²) in [4.78, 5) is 19.9. The van der Waals surface area contributed by atoms with Gasteiger partial charge in [0.05, 0.1) is 11.7 Å². The molecule has 0 spiro atoms. The largest absolute Gasteiger partial charge is 0.457 e. The topological polar surface area (TPSA) is 80.0 Å². The monoisotopic (exact) mass is 474 g/mol. The van der Waals surface area contributed by atoms with E-state index >= 15 is 0 Å². The molecule has 35 heavy (non-hydrogen) atoms. The van der Waals surface area contributed by atoms with Gasteiger partial charge in [0.25, 0.3) is 0 Å². The molecular weight excluding hydrogens is 436 g/mol. The number of carbonyl (C=O) groups is 1. The first-order valence-corrected chi connectivity index (χ1v) is 13.4. The number of guanidine groups is 1. The van der Waals surface area contributed by atoms with Gasteiger partial charge >= 0.3 is 0 Å². The van der Waals surface area contributed by atoms with Gasteiger partial charge in [0.15, 0.2) is 5.96 Å². The Hall–Kier alpha value is -3.02. The minimum Gasteiger partial charge on any atom is -0.457 e. The number of fused-ring (bicyclic) bond motifs is 1. The summed E-state index contributed by atoms with van der Waals surface area (Å²) in [5.74, 6) is 3.06. The fraction of sp³-hybridized carbons (Fsp3) is 0.517. The lowest BCUT2D eigenvalue weighted by molar-refractivity contribution is -0.126. The van der Waals surface area contributed by atoms with Crippen molar-refractivity contribution in [2.75, 3.05) is 6.54 Å². The van der Waals surface area contributed by atoms with Crippen LogP contribution < -0.4 is 15.8 Å². The molecule has 0 bridgehead atoms. The maximum atomic E-state index is 13.0. The molecule has 0 radical (unpaired) electrons. The predicted molar refractivity (Wildman–Crippen MR) is 140 cm³/mol. The summed E-state index contributed by atoms with van der Waals surface area (Å²) in [6.07, 6.45) is 11.8. The van der Waals surface area contributed by atoms with Crippen molar-refractivity contribution in [3.63, 3.8) is 0 Å². The molecule has 1 heterocycles. The average Bonchev–Trinajstić information content (AvgIpc) is 2.91. The van der Waals surface area contributed by atoms with Crippen LogP contribution in [0.1, 0.15) is 69.8 Å². The molecular formula is C29H38N4O2. The number of nitrogens with one attached hydrogen (secondary N) is 1. The van der Waals surface area contributed by atoms with Crippen molar-refractivity contribution in [2.45, 2.75) is 76.8 Å². The minimum atomic E-state index is 0.151. The van der Waals surface area contributed by atoms with Crippen LogP contribution in [-0.2, 0) is 11.3 Å². The molecule has 0 aromatic heterocycles. The molecule has 6 nitrogen and oxygen atoms in total. The summed E-state index contributed by atoms with van der Waals surface area (Å²) in [6.45, 7) is 1.31. The third-order valence-electron chi connectivity index (χ3n) is 7.96. The number of benzene rings is 2. The number of para-hydroxylation sites is 1. The Balaban J connectivity index is 1.33. The molecule has 0 unspecified atom stereocenters. The molecule has 1 amide bonds. The van der Waals surface area contributed by atoms with Crippen molar-refractivity contribution in [3.05, 3.63) is 54.1 Å². The Labute approximate surface area is 208 Å². The maximum Gasteiger partial charge on any atom is 0.223 e. The molecule has 1 atom stereocenters. The maximum absolute atomic E-state index is 13.0. The lowest BCUT2D eigenvalue weighted by Crippen LogP contribution is -2.54. The molecule has 2 saturated carbocycles. The molecule has 1 aliphatic heterocycles. The highest BCUT2D eigenvalue weighted by Crippen LogP contribution is 2.35. The van der Waals surface area contributed by atoms with Crippen LogP contribution in [0.3, 0.4) is 0 Å². The first kappa shape index (κ1) is 23.7. The van der Waals surface area contributed by atoms with E-state index in [1.165, 1.54) is 51.4 Å². The van der Waals surface area contributed by atoms with Gasteiger partial charge in [-0.15, -0.1) is 0 Å². The molecule has 3 N–H and O–H groups in total. The second kappa shape index (κ2) is 11.1. The zero-order chi connectivity index (χ0) is 24.0. The molecule has 2 aromatic rings. The highest BCUT2D eigenvalue weighted by Gasteiger charge is 2.33. The average molecular weight is 475 g/mol. The summed E-state index contributed by atoms with van der Waals surface area (Å²) in [6, 6.07) is 16.0. The van der Waals surface area contributed by atoms with Crippen molar-refractivity contribution >= 4 is 17.6 Å². The summed E-state index contributed by atoms with van der Waals surface area (Å²) in [5, 5.41) is 3.32. The number of rotatable bonds is 7. The number of hydrogen-bond donors (Lipinski definition) is 2. The van der Waals surface area contributed by atoms with Crippen molar-refractivity contribution in [2.24, 2.45) is 22.6 Å². The van der Waals surface area contributed by atoms with Crippen molar-refractivity contribution < 1.29 is 9.53 Å². The normalized spacial score (nSPS) is 20.0. The van der Waals surface area contributed by atoms with Crippen LogP contribution in [-0.4, -0.2) is 29.4 Å². The van der Waals surface area contributed by atoms with Crippen LogP contribution in [0.15, 0.2) is 53.5 Å². The first-order chi connectivity index (χ1) is 17.2. The van der Waals surface area contributed by atoms with Crippen LogP contribution >= 0.6 is 0 Å². The predicted octanol–water partition coefficient (Wildman–Crippen LogP) is 5.89. The van der Waals surface area contributed by atoms with E-state index in [2.05, 4.69) is 16.3 Å². The quantitative estimate of drug-likeness (QED) is 0.525. The van der Waals surface area contributed by atoms with E-state index in [1.54, 1.807) is 0 Å². The Kier molecular flexibility index (Phi) is 7.55.